The summed E-state index contributed by atoms with van der Waals surface area (Å²) in [6, 6.07) is 7.16. The van der Waals surface area contributed by atoms with Crippen LogP contribution in [0.1, 0.15) is 32.0 Å². The van der Waals surface area contributed by atoms with Gasteiger partial charge >= 0.3 is 0 Å². The molecule has 1 nitrogen and oxygen atoms in total. The summed E-state index contributed by atoms with van der Waals surface area (Å²) in [6.07, 6.45) is 0. The number of aryl methyl sites for hydroxylation is 2. The Kier molecular flexibility index (Phi) is 3.49. The van der Waals surface area contributed by atoms with Crippen molar-refractivity contribution in [3.05, 3.63) is 34.9 Å². The molecule has 0 radical (unpaired) electrons. The molecule has 0 aromatic heterocycles. The fourth-order valence-corrected chi connectivity index (χ4v) is 1.30. The van der Waals surface area contributed by atoms with E-state index in [9.17, 15) is 0 Å². The number of benzene rings is 1. The van der Waals surface area contributed by atoms with Gasteiger partial charge in [0.15, 0.2) is 0 Å². The van der Waals surface area contributed by atoms with Gasteiger partial charge in [-0.3, -0.25) is 0 Å². The lowest BCUT2D eigenvalue weighted by molar-refractivity contribution is 0.587. The molecule has 0 fully saturated rings. The Hall–Kier alpha value is -0.820. The van der Waals surface area contributed by atoms with E-state index in [4.69, 9.17) is 0 Å². The topological polar surface area (TPSA) is 12.0 Å². The van der Waals surface area contributed by atoms with Gasteiger partial charge in [-0.2, -0.15) is 0 Å². The molecule has 0 aliphatic carbocycles. The smallest absolute Gasteiger partial charge is 0.0210 e. The second kappa shape index (κ2) is 4.43. The van der Waals surface area contributed by atoms with E-state index in [1.54, 1.807) is 0 Å². The molecule has 1 aromatic rings. The molecule has 74 valence electrons. The molecule has 0 spiro atoms. The third-order valence-corrected chi connectivity index (χ3v) is 2.21. The van der Waals surface area contributed by atoms with E-state index in [1.807, 2.05) is 0 Å². The maximum atomic E-state index is 3.43. The van der Waals surface area contributed by atoms with Crippen LogP contribution in [0, 0.1) is 13.8 Å². The summed E-state index contributed by atoms with van der Waals surface area (Å²) in [5.74, 6) is 0. The van der Waals surface area contributed by atoms with Gasteiger partial charge in [-0.05, 0) is 25.0 Å². The van der Waals surface area contributed by atoms with Crippen LogP contribution in [-0.4, -0.2) is 6.04 Å². The van der Waals surface area contributed by atoms with Gasteiger partial charge in [0.2, 0.25) is 0 Å². The van der Waals surface area contributed by atoms with Crippen molar-refractivity contribution in [2.75, 3.05) is 0 Å². The van der Waals surface area contributed by atoms with Gasteiger partial charge < -0.3 is 5.32 Å². The number of nitrogens with one attached hydrogen (secondary N) is 1. The average Bonchev–Trinajstić information content (AvgIpc) is 2.06. The molecule has 0 saturated carbocycles. The first-order chi connectivity index (χ1) is 6.09. The molecular weight excluding hydrogens is 158 g/mol. The number of rotatable bonds is 3. The van der Waals surface area contributed by atoms with Crippen molar-refractivity contribution in [2.45, 2.75) is 40.3 Å². The van der Waals surface area contributed by atoms with E-state index in [1.165, 1.54) is 16.7 Å². The van der Waals surface area contributed by atoms with Crippen molar-refractivity contribution in [3.63, 3.8) is 0 Å². The predicted octanol–water partition coefficient (Wildman–Crippen LogP) is 3.05. The lowest BCUT2D eigenvalue weighted by Gasteiger charge is -2.10. The lowest BCUT2D eigenvalue weighted by Crippen LogP contribution is -2.22. The van der Waals surface area contributed by atoms with Crippen LogP contribution in [0.4, 0.5) is 0 Å². The summed E-state index contributed by atoms with van der Waals surface area (Å²) in [7, 11) is 0. The first-order valence-electron chi connectivity index (χ1n) is 4.89. The van der Waals surface area contributed by atoms with Gasteiger partial charge in [-0.25, -0.2) is 0 Å². The highest BCUT2D eigenvalue weighted by Crippen LogP contribution is 2.10. The van der Waals surface area contributed by atoms with Gasteiger partial charge in [0, 0.05) is 14.0 Å². The molecule has 0 saturated heterocycles. The van der Waals surface area contributed by atoms with E-state index in [0.717, 1.165) is 6.54 Å². The highest BCUT2D eigenvalue weighted by Gasteiger charge is 1.99. The summed E-state index contributed by atoms with van der Waals surface area (Å²) >= 11 is 0. The van der Waals surface area contributed by atoms with E-state index < -0.39 is 0 Å². The molecule has 1 heteroatoms. The molecule has 0 bridgehead atoms. The van der Waals surface area contributed by atoms with Crippen LogP contribution in [0.3, 0.4) is 0 Å². The molecule has 0 aliphatic heterocycles. The Morgan fingerprint density at radius 2 is 2.00 bits per heavy atom. The standard InChI is InChI=1S/C12H19N.H2/c1-9(2)13-8-12-7-10(3)5-6-11(12)4;/h5-7,9,13H,8H2,1-4H3;1H. The third kappa shape index (κ3) is 3.19. The largest absolute Gasteiger partial charge is 0.310 e. The van der Waals surface area contributed by atoms with Crippen LogP contribution >= 0.6 is 0 Å². The van der Waals surface area contributed by atoms with Crippen molar-refractivity contribution in [2.24, 2.45) is 0 Å². The van der Waals surface area contributed by atoms with Gasteiger partial charge in [0.1, 0.15) is 0 Å². The second-order valence-electron chi connectivity index (χ2n) is 3.97. The second-order valence-corrected chi connectivity index (χ2v) is 3.97. The van der Waals surface area contributed by atoms with E-state index >= 15 is 0 Å². The summed E-state index contributed by atoms with van der Waals surface area (Å²) in [5, 5.41) is 3.43. The first kappa shape index (κ1) is 10.3. The van der Waals surface area contributed by atoms with Crippen molar-refractivity contribution < 1.29 is 1.43 Å². The Morgan fingerprint density at radius 3 is 2.62 bits per heavy atom. The zero-order chi connectivity index (χ0) is 9.84. The van der Waals surface area contributed by atoms with Crippen LogP contribution in [0.15, 0.2) is 18.2 Å². The molecule has 1 aromatic carbocycles. The minimum atomic E-state index is 0. The lowest BCUT2D eigenvalue weighted by atomic mass is 10.1. The van der Waals surface area contributed by atoms with Crippen molar-refractivity contribution in [1.29, 1.82) is 0 Å². The summed E-state index contributed by atoms with van der Waals surface area (Å²) < 4.78 is 0. The maximum absolute atomic E-state index is 3.43. The van der Waals surface area contributed by atoms with Crippen molar-refractivity contribution in [1.82, 2.24) is 5.32 Å². The van der Waals surface area contributed by atoms with Crippen molar-refractivity contribution >= 4 is 0 Å². The van der Waals surface area contributed by atoms with Gasteiger partial charge in [0.05, 0.1) is 0 Å². The molecule has 1 rings (SSSR count). The SMILES string of the molecule is Cc1ccc(C)c(CNC(C)C)c1.[HH]. The van der Waals surface area contributed by atoms with Crippen LogP contribution in [0.25, 0.3) is 0 Å². The molecule has 0 heterocycles. The monoisotopic (exact) mass is 179 g/mol. The van der Waals surface area contributed by atoms with E-state index in [0.29, 0.717) is 6.04 Å². The molecule has 0 amide bonds. The fraction of sp³-hybridized carbons (Fsp3) is 0.500. The number of hydrogen-bond acceptors (Lipinski definition) is 1. The normalized spacial score (nSPS) is 10.8. The van der Waals surface area contributed by atoms with E-state index in [-0.39, 0.29) is 1.43 Å². The summed E-state index contributed by atoms with van der Waals surface area (Å²) in [4.78, 5) is 0. The quantitative estimate of drug-likeness (QED) is 0.752. The predicted molar refractivity (Wildman–Crippen MR) is 60.0 cm³/mol. The highest BCUT2D eigenvalue weighted by atomic mass is 14.9. The van der Waals surface area contributed by atoms with Gasteiger partial charge in [-0.1, -0.05) is 37.6 Å². The Bertz CT molecular complexity index is 282. The first-order valence-corrected chi connectivity index (χ1v) is 4.89. The maximum Gasteiger partial charge on any atom is 0.0210 e. The van der Waals surface area contributed by atoms with Crippen LogP contribution in [-0.2, 0) is 6.54 Å². The molecular formula is C12H21N. The van der Waals surface area contributed by atoms with Crippen LogP contribution in [0.5, 0.6) is 0 Å². The molecule has 0 aliphatic rings. The zero-order valence-electron chi connectivity index (χ0n) is 9.02. The van der Waals surface area contributed by atoms with Crippen LogP contribution in [0.2, 0.25) is 0 Å². The fourth-order valence-electron chi connectivity index (χ4n) is 1.30. The summed E-state index contributed by atoms with van der Waals surface area (Å²) in [5.41, 5.74) is 4.12. The Morgan fingerprint density at radius 1 is 1.31 bits per heavy atom. The molecule has 0 atom stereocenters. The third-order valence-electron chi connectivity index (χ3n) is 2.21. The number of hydrogen-bond donors (Lipinski definition) is 1. The van der Waals surface area contributed by atoms with Gasteiger partial charge in [0.25, 0.3) is 0 Å². The molecule has 1 N–H and O–H groups in total. The zero-order valence-corrected chi connectivity index (χ0v) is 9.02. The van der Waals surface area contributed by atoms with E-state index in [2.05, 4.69) is 51.2 Å². The average molecular weight is 179 g/mol. The minimum Gasteiger partial charge on any atom is -0.310 e. The minimum absolute atomic E-state index is 0. The van der Waals surface area contributed by atoms with Crippen LogP contribution < -0.4 is 5.32 Å². The molecule has 0 unspecified atom stereocenters. The Balaban J connectivity index is 0.00000169. The van der Waals surface area contributed by atoms with Gasteiger partial charge in [-0.15, -0.1) is 0 Å². The Labute approximate surface area is 82.7 Å². The van der Waals surface area contributed by atoms with Crippen molar-refractivity contribution in [3.8, 4) is 0 Å². The molecule has 13 heavy (non-hydrogen) atoms. The highest BCUT2D eigenvalue weighted by molar-refractivity contribution is 5.30. The summed E-state index contributed by atoms with van der Waals surface area (Å²) in [6.45, 7) is 9.62.